The van der Waals surface area contributed by atoms with Crippen molar-refractivity contribution in [1.82, 2.24) is 0 Å². The third-order valence-electron chi connectivity index (χ3n) is 4.91. The summed E-state index contributed by atoms with van der Waals surface area (Å²) in [7, 11) is 3.16. The van der Waals surface area contributed by atoms with Crippen LogP contribution in [-0.2, 0) is 16.1 Å². The van der Waals surface area contributed by atoms with E-state index in [4.69, 9.17) is 18.9 Å². The minimum absolute atomic E-state index is 0.207. The van der Waals surface area contributed by atoms with Gasteiger partial charge in [0.05, 0.1) is 14.2 Å². The van der Waals surface area contributed by atoms with Crippen LogP contribution in [0.4, 0.5) is 0 Å². The smallest absolute Gasteiger partial charge is 0.363 e. The number of carbonyl (C=O) groups excluding carboxylic acids is 1. The Kier molecular flexibility index (Phi) is 6.22. The van der Waals surface area contributed by atoms with E-state index >= 15 is 0 Å². The predicted octanol–water partition coefficient (Wildman–Crippen LogP) is 4.94. The van der Waals surface area contributed by atoms with Gasteiger partial charge in [-0.3, -0.25) is 0 Å². The first-order valence-corrected chi connectivity index (χ1v) is 10.1. The fourth-order valence-corrected chi connectivity index (χ4v) is 3.30. The molecule has 3 aromatic rings. The predicted molar refractivity (Wildman–Crippen MR) is 122 cm³/mol. The van der Waals surface area contributed by atoms with Gasteiger partial charge >= 0.3 is 5.97 Å². The van der Waals surface area contributed by atoms with Crippen molar-refractivity contribution >= 4 is 17.9 Å². The average molecular weight is 429 g/mol. The molecule has 3 aromatic carbocycles. The highest BCUT2D eigenvalue weighted by Crippen LogP contribution is 2.30. The molecule has 0 unspecified atom stereocenters. The van der Waals surface area contributed by atoms with Crippen LogP contribution in [0.1, 0.15) is 22.3 Å². The van der Waals surface area contributed by atoms with E-state index in [-0.39, 0.29) is 11.6 Å². The van der Waals surface area contributed by atoms with Crippen LogP contribution in [0.15, 0.2) is 77.4 Å². The molecule has 1 heterocycles. The molecule has 0 radical (unpaired) electrons. The van der Waals surface area contributed by atoms with E-state index in [2.05, 4.69) is 11.1 Å². The zero-order valence-corrected chi connectivity index (χ0v) is 18.1. The maximum absolute atomic E-state index is 12.3. The Hall–Kier alpha value is -4.06. The number of esters is 1. The molecule has 0 aliphatic carbocycles. The molecule has 162 valence electrons. The molecule has 0 saturated heterocycles. The normalized spacial score (nSPS) is 14.2. The van der Waals surface area contributed by atoms with Crippen LogP contribution in [0.5, 0.6) is 17.2 Å². The molecule has 0 bridgehead atoms. The lowest BCUT2D eigenvalue weighted by molar-refractivity contribution is -0.129. The maximum atomic E-state index is 12.3. The van der Waals surface area contributed by atoms with Gasteiger partial charge in [0.25, 0.3) is 0 Å². The highest BCUT2D eigenvalue weighted by atomic mass is 16.6. The number of aliphatic imine (C=N–C) groups is 1. The summed E-state index contributed by atoms with van der Waals surface area (Å²) in [5.74, 6) is 1.57. The van der Waals surface area contributed by atoms with E-state index in [9.17, 15) is 4.79 Å². The topological polar surface area (TPSA) is 66.3 Å². The highest BCUT2D eigenvalue weighted by Gasteiger charge is 2.24. The van der Waals surface area contributed by atoms with E-state index in [1.165, 1.54) is 5.56 Å². The lowest BCUT2D eigenvalue weighted by Crippen LogP contribution is -2.05. The molecule has 1 aliphatic rings. The monoisotopic (exact) mass is 429 g/mol. The number of aryl methyl sites for hydroxylation is 1. The van der Waals surface area contributed by atoms with Crippen LogP contribution in [0, 0.1) is 6.92 Å². The van der Waals surface area contributed by atoms with Crippen LogP contribution in [0.25, 0.3) is 6.08 Å². The van der Waals surface area contributed by atoms with Gasteiger partial charge in [0.2, 0.25) is 5.90 Å². The molecule has 0 spiro atoms. The zero-order valence-electron chi connectivity index (χ0n) is 18.1. The number of benzene rings is 3. The number of methoxy groups -OCH3 is 2. The summed E-state index contributed by atoms with van der Waals surface area (Å²) in [6, 6.07) is 20.8. The van der Waals surface area contributed by atoms with Gasteiger partial charge in [0.15, 0.2) is 17.2 Å². The number of rotatable bonds is 7. The molecule has 32 heavy (non-hydrogen) atoms. The average Bonchev–Trinajstić information content (AvgIpc) is 3.18. The van der Waals surface area contributed by atoms with E-state index in [1.54, 1.807) is 38.5 Å². The number of nitrogens with zero attached hydrogens (tertiary/aromatic N) is 1. The van der Waals surface area contributed by atoms with Gasteiger partial charge < -0.3 is 18.9 Å². The van der Waals surface area contributed by atoms with Gasteiger partial charge in [-0.2, -0.15) is 0 Å². The zero-order chi connectivity index (χ0) is 22.5. The molecule has 0 fully saturated rings. The summed E-state index contributed by atoms with van der Waals surface area (Å²) in [5, 5.41) is 0. The first-order valence-electron chi connectivity index (χ1n) is 10.1. The first-order chi connectivity index (χ1) is 15.6. The van der Waals surface area contributed by atoms with Crippen molar-refractivity contribution in [3.05, 3.63) is 94.7 Å². The summed E-state index contributed by atoms with van der Waals surface area (Å²) < 4.78 is 22.0. The molecule has 6 heteroatoms. The third-order valence-corrected chi connectivity index (χ3v) is 4.91. The molecule has 1 aliphatic heterocycles. The second-order valence-corrected chi connectivity index (χ2v) is 7.26. The second-order valence-electron chi connectivity index (χ2n) is 7.26. The number of hydrogen-bond donors (Lipinski definition) is 0. The molecule has 6 nitrogen and oxygen atoms in total. The number of hydrogen-bond acceptors (Lipinski definition) is 6. The van der Waals surface area contributed by atoms with Crippen LogP contribution in [-0.4, -0.2) is 26.1 Å². The van der Waals surface area contributed by atoms with E-state index in [1.807, 2.05) is 49.4 Å². The summed E-state index contributed by atoms with van der Waals surface area (Å²) in [4.78, 5) is 16.7. The molecular formula is C26H23NO5. The van der Waals surface area contributed by atoms with Crippen molar-refractivity contribution in [2.75, 3.05) is 14.2 Å². The molecule has 0 N–H and O–H groups in total. The summed E-state index contributed by atoms with van der Waals surface area (Å²) in [5.41, 5.74) is 3.87. The van der Waals surface area contributed by atoms with Crippen LogP contribution in [0.3, 0.4) is 0 Å². The van der Waals surface area contributed by atoms with Crippen molar-refractivity contribution in [3.63, 3.8) is 0 Å². The molecular weight excluding hydrogens is 406 g/mol. The standard InChI is InChI=1S/C26H23NO5/c1-17-6-4-7-19(12-17)16-31-23-11-10-18(14-24(23)30-3)13-22-26(28)32-25(27-22)20-8-5-9-21(15-20)29-2/h4-15H,16H2,1-3H3/b22-13+. The Labute approximate surface area is 186 Å². The first kappa shape index (κ1) is 21.2. The van der Waals surface area contributed by atoms with Crippen molar-refractivity contribution in [1.29, 1.82) is 0 Å². The van der Waals surface area contributed by atoms with Crippen molar-refractivity contribution in [2.45, 2.75) is 13.5 Å². The fourth-order valence-electron chi connectivity index (χ4n) is 3.30. The molecule has 4 rings (SSSR count). The SMILES string of the molecule is COc1cccc(C2=N/C(=C/c3ccc(OCc4cccc(C)c4)c(OC)c3)C(=O)O2)c1. The van der Waals surface area contributed by atoms with Crippen LogP contribution >= 0.6 is 0 Å². The molecule has 0 atom stereocenters. The summed E-state index contributed by atoms with van der Waals surface area (Å²) in [6.45, 7) is 2.47. The summed E-state index contributed by atoms with van der Waals surface area (Å²) >= 11 is 0. The van der Waals surface area contributed by atoms with Crippen molar-refractivity contribution in [2.24, 2.45) is 4.99 Å². The van der Waals surface area contributed by atoms with Crippen LogP contribution in [0.2, 0.25) is 0 Å². The van der Waals surface area contributed by atoms with E-state index < -0.39 is 5.97 Å². The Balaban J connectivity index is 1.54. The van der Waals surface area contributed by atoms with Crippen LogP contribution < -0.4 is 14.2 Å². The lowest BCUT2D eigenvalue weighted by Gasteiger charge is -2.12. The number of ether oxygens (including phenoxy) is 4. The van der Waals surface area contributed by atoms with Crippen molar-refractivity contribution < 1.29 is 23.7 Å². The largest absolute Gasteiger partial charge is 0.497 e. The fraction of sp³-hybridized carbons (Fsp3) is 0.154. The molecule has 0 amide bonds. The van der Waals surface area contributed by atoms with E-state index in [0.29, 0.717) is 29.4 Å². The summed E-state index contributed by atoms with van der Waals surface area (Å²) in [6.07, 6.45) is 1.66. The quantitative estimate of drug-likeness (QED) is 0.393. The van der Waals surface area contributed by atoms with Gasteiger partial charge in [-0.25, -0.2) is 9.79 Å². The van der Waals surface area contributed by atoms with Gasteiger partial charge in [-0.05, 0) is 54.5 Å². The number of carbonyl (C=O) groups is 1. The molecule has 0 saturated carbocycles. The Morgan fingerprint density at radius 3 is 2.56 bits per heavy atom. The number of cyclic esters (lactones) is 1. The third kappa shape index (κ3) is 4.81. The minimum atomic E-state index is -0.512. The minimum Gasteiger partial charge on any atom is -0.497 e. The van der Waals surface area contributed by atoms with E-state index in [0.717, 1.165) is 11.1 Å². The Morgan fingerprint density at radius 2 is 1.78 bits per heavy atom. The molecule has 0 aromatic heterocycles. The maximum Gasteiger partial charge on any atom is 0.363 e. The van der Waals surface area contributed by atoms with Gasteiger partial charge in [-0.15, -0.1) is 0 Å². The highest BCUT2D eigenvalue weighted by molar-refractivity contribution is 6.13. The van der Waals surface area contributed by atoms with Crippen molar-refractivity contribution in [3.8, 4) is 17.2 Å². The van der Waals surface area contributed by atoms with Gasteiger partial charge in [-0.1, -0.05) is 42.0 Å². The lowest BCUT2D eigenvalue weighted by atomic mass is 10.1. The Bertz CT molecular complexity index is 1210. The van der Waals surface area contributed by atoms with Gasteiger partial charge in [0, 0.05) is 5.56 Å². The Morgan fingerprint density at radius 1 is 0.938 bits per heavy atom. The van der Waals surface area contributed by atoms with Gasteiger partial charge in [0.1, 0.15) is 12.4 Å². The second kappa shape index (κ2) is 9.39.